The van der Waals surface area contributed by atoms with E-state index < -0.39 is 5.91 Å². The van der Waals surface area contributed by atoms with Gasteiger partial charge in [0, 0.05) is 10.9 Å². The van der Waals surface area contributed by atoms with E-state index >= 15 is 0 Å². The number of hydrogen-bond acceptors (Lipinski definition) is 8. The van der Waals surface area contributed by atoms with Crippen LogP contribution in [0.1, 0.15) is 29.6 Å². The van der Waals surface area contributed by atoms with Crippen LogP contribution in [0.4, 0.5) is 11.6 Å². The predicted octanol–water partition coefficient (Wildman–Crippen LogP) is 5.34. The molecule has 0 aliphatic rings. The van der Waals surface area contributed by atoms with Gasteiger partial charge < -0.3 is 15.2 Å². The Kier molecular flexibility index (Phi) is 6.49. The molecule has 3 aromatic heterocycles. The number of anilines is 2. The van der Waals surface area contributed by atoms with Crippen molar-refractivity contribution in [2.24, 2.45) is 0 Å². The Morgan fingerprint density at radius 3 is 2.49 bits per heavy atom. The van der Waals surface area contributed by atoms with Crippen LogP contribution in [0.15, 0.2) is 65.3 Å². The molecule has 37 heavy (non-hydrogen) atoms. The summed E-state index contributed by atoms with van der Waals surface area (Å²) in [6, 6.07) is 17.6. The summed E-state index contributed by atoms with van der Waals surface area (Å²) in [5.41, 5.74) is 10.3. The van der Waals surface area contributed by atoms with Crippen molar-refractivity contribution in [2.75, 3.05) is 25.3 Å². The fourth-order valence-corrected chi connectivity index (χ4v) is 5.02. The van der Waals surface area contributed by atoms with Crippen LogP contribution in [0.3, 0.4) is 0 Å². The number of rotatable bonds is 7. The summed E-state index contributed by atoms with van der Waals surface area (Å²) in [4.78, 5) is 19.1. The first kappa shape index (κ1) is 24.3. The number of nitrogen functional groups attached to an aromatic ring is 1. The van der Waals surface area contributed by atoms with Gasteiger partial charge in [0.1, 0.15) is 9.71 Å². The van der Waals surface area contributed by atoms with E-state index in [4.69, 9.17) is 24.7 Å². The van der Waals surface area contributed by atoms with E-state index in [0.717, 1.165) is 22.4 Å². The highest BCUT2D eigenvalue weighted by Crippen LogP contribution is 2.43. The number of methoxy groups -OCH3 is 2. The molecule has 1 amide bonds. The second kappa shape index (κ2) is 9.90. The maximum absolute atomic E-state index is 13.2. The van der Waals surface area contributed by atoms with Crippen molar-refractivity contribution in [1.29, 1.82) is 0 Å². The van der Waals surface area contributed by atoms with E-state index in [2.05, 4.69) is 10.6 Å². The van der Waals surface area contributed by atoms with E-state index in [1.54, 1.807) is 25.1 Å². The number of thiophene rings is 1. The number of nitrogens with two attached hydrogens (primary N) is 1. The minimum atomic E-state index is -0.396. The monoisotopic (exact) mass is 516 g/mol. The number of amides is 1. The molecule has 0 saturated heterocycles. The van der Waals surface area contributed by atoms with Crippen LogP contribution in [0.2, 0.25) is 0 Å². The van der Waals surface area contributed by atoms with Gasteiger partial charge in [-0.05, 0) is 47.9 Å². The van der Waals surface area contributed by atoms with Gasteiger partial charge in [0.15, 0.2) is 17.5 Å². The topological polar surface area (TPSA) is 116 Å². The molecule has 0 bridgehead atoms. The maximum atomic E-state index is 13.2. The SMILES string of the molecule is COc1ccc(-c2cc(-c3ccccc3)nc3sc(C(=O)Nc4c[n+](C(C)C)no4)c(N)c23)cc1OC. The first-order chi connectivity index (χ1) is 17.9. The minimum Gasteiger partial charge on any atom is -0.493 e. The van der Waals surface area contributed by atoms with Crippen LogP contribution in [-0.4, -0.2) is 30.4 Å². The van der Waals surface area contributed by atoms with Crippen LogP contribution in [0.25, 0.3) is 32.6 Å². The standard InChI is InChI=1S/C27H25N5O4S/c1-15(2)32-14-22(36-31-32)30-26(33)25-24(28)23-18(17-10-11-20(34-3)21(12-17)35-4)13-19(29-27(23)37-25)16-8-6-5-7-9-16/h5-15H,1-4H3,(H2-,28,30,31,33)/p+1. The number of benzene rings is 2. The zero-order chi connectivity index (χ0) is 26.1. The van der Waals surface area contributed by atoms with Gasteiger partial charge in [0.05, 0.1) is 25.6 Å². The first-order valence-electron chi connectivity index (χ1n) is 11.6. The number of pyridine rings is 1. The Morgan fingerprint density at radius 2 is 1.81 bits per heavy atom. The lowest BCUT2D eigenvalue weighted by atomic mass is 9.99. The lowest BCUT2D eigenvalue weighted by Crippen LogP contribution is -2.36. The molecule has 9 nitrogen and oxygen atoms in total. The highest BCUT2D eigenvalue weighted by molar-refractivity contribution is 7.21. The summed E-state index contributed by atoms with van der Waals surface area (Å²) >= 11 is 1.23. The normalized spacial score (nSPS) is 11.2. The number of nitrogens with one attached hydrogen (secondary N) is 1. The van der Waals surface area contributed by atoms with Gasteiger partial charge in [0.2, 0.25) is 5.27 Å². The molecule has 0 spiro atoms. The third kappa shape index (κ3) is 4.58. The molecular formula is C27H26N5O4S+. The average molecular weight is 517 g/mol. The zero-order valence-electron chi connectivity index (χ0n) is 20.8. The molecular weight excluding hydrogens is 490 g/mol. The van der Waals surface area contributed by atoms with E-state index in [1.807, 2.05) is 68.4 Å². The van der Waals surface area contributed by atoms with E-state index in [0.29, 0.717) is 32.3 Å². The molecule has 5 aromatic rings. The lowest BCUT2D eigenvalue weighted by molar-refractivity contribution is -0.779. The maximum Gasteiger partial charge on any atom is 0.302 e. The van der Waals surface area contributed by atoms with Crippen molar-refractivity contribution >= 4 is 39.0 Å². The summed E-state index contributed by atoms with van der Waals surface area (Å²) in [7, 11) is 3.18. The van der Waals surface area contributed by atoms with Crippen LogP contribution >= 0.6 is 11.3 Å². The first-order valence-corrected chi connectivity index (χ1v) is 12.4. The molecule has 3 N–H and O–H groups in total. The molecule has 0 radical (unpaired) electrons. The van der Waals surface area contributed by atoms with Gasteiger partial charge in [-0.2, -0.15) is 0 Å². The molecule has 0 unspecified atom stereocenters. The number of hydrogen-bond donors (Lipinski definition) is 2. The Morgan fingerprint density at radius 1 is 1.05 bits per heavy atom. The number of aromatic nitrogens is 3. The average Bonchev–Trinajstić information content (AvgIpc) is 3.53. The van der Waals surface area contributed by atoms with Gasteiger partial charge in [-0.1, -0.05) is 36.4 Å². The second-order valence-electron chi connectivity index (χ2n) is 8.61. The molecule has 0 aliphatic heterocycles. The highest BCUT2D eigenvalue weighted by atomic mass is 32.1. The fraction of sp³-hybridized carbons (Fsp3) is 0.185. The highest BCUT2D eigenvalue weighted by Gasteiger charge is 2.24. The van der Waals surface area contributed by atoms with Crippen LogP contribution < -0.4 is 25.2 Å². The molecule has 3 heterocycles. The summed E-state index contributed by atoms with van der Waals surface area (Å²) in [6.45, 7) is 3.92. The number of ether oxygens (including phenoxy) is 2. The molecule has 0 atom stereocenters. The molecule has 2 aromatic carbocycles. The number of carbonyl (C=O) groups excluding carboxylic acids is 1. The van der Waals surface area contributed by atoms with Gasteiger partial charge in [-0.25, -0.2) is 4.98 Å². The Labute approximate surface area is 217 Å². The number of carbonyl (C=O) groups is 1. The summed E-state index contributed by atoms with van der Waals surface area (Å²) in [5.74, 6) is 1.03. The third-order valence-electron chi connectivity index (χ3n) is 5.92. The molecule has 5 rings (SSSR count). The van der Waals surface area contributed by atoms with Crippen molar-refractivity contribution in [2.45, 2.75) is 19.9 Å². The van der Waals surface area contributed by atoms with Crippen molar-refractivity contribution in [1.82, 2.24) is 10.3 Å². The van der Waals surface area contributed by atoms with E-state index in [-0.39, 0.29) is 11.9 Å². The molecule has 0 saturated carbocycles. The molecule has 0 aliphatic carbocycles. The number of nitrogens with zero attached hydrogens (tertiary/aromatic N) is 3. The smallest absolute Gasteiger partial charge is 0.302 e. The Balaban J connectivity index is 1.66. The quantitative estimate of drug-likeness (QED) is 0.281. The minimum absolute atomic E-state index is 0.0912. The van der Waals surface area contributed by atoms with Crippen molar-refractivity contribution in [3.8, 4) is 33.9 Å². The largest absolute Gasteiger partial charge is 0.493 e. The third-order valence-corrected chi connectivity index (χ3v) is 7.02. The Bertz CT molecular complexity index is 1590. The molecule has 0 fully saturated rings. The lowest BCUT2D eigenvalue weighted by Gasteiger charge is -2.12. The van der Waals surface area contributed by atoms with Gasteiger partial charge >= 0.3 is 5.88 Å². The van der Waals surface area contributed by atoms with E-state index in [9.17, 15) is 4.79 Å². The molecule has 10 heteroatoms. The Hall–Kier alpha value is -4.44. The van der Waals surface area contributed by atoms with Crippen LogP contribution in [0, 0.1) is 0 Å². The molecule has 188 valence electrons. The van der Waals surface area contributed by atoms with Gasteiger partial charge in [0.25, 0.3) is 12.1 Å². The van der Waals surface area contributed by atoms with Crippen LogP contribution in [-0.2, 0) is 0 Å². The summed E-state index contributed by atoms with van der Waals surface area (Å²) in [6.07, 6.45) is 1.63. The van der Waals surface area contributed by atoms with Gasteiger partial charge in [-0.15, -0.1) is 11.3 Å². The van der Waals surface area contributed by atoms with Crippen LogP contribution in [0.5, 0.6) is 11.5 Å². The van der Waals surface area contributed by atoms with Crippen molar-refractivity contribution < 1.29 is 23.5 Å². The van der Waals surface area contributed by atoms with Gasteiger partial charge in [-0.3, -0.25) is 14.6 Å². The second-order valence-corrected chi connectivity index (χ2v) is 9.61. The predicted molar refractivity (Wildman–Crippen MR) is 143 cm³/mol. The number of fused-ring (bicyclic) bond motifs is 1. The van der Waals surface area contributed by atoms with Crippen molar-refractivity contribution in [3.05, 3.63) is 65.7 Å². The fourth-order valence-electron chi connectivity index (χ4n) is 4.00. The van der Waals surface area contributed by atoms with Crippen molar-refractivity contribution in [3.63, 3.8) is 0 Å². The summed E-state index contributed by atoms with van der Waals surface area (Å²) in [5, 5.41) is 7.36. The zero-order valence-corrected chi connectivity index (χ0v) is 21.6. The summed E-state index contributed by atoms with van der Waals surface area (Å²) < 4.78 is 17.8. The van der Waals surface area contributed by atoms with E-state index in [1.165, 1.54) is 11.3 Å².